The highest BCUT2D eigenvalue weighted by Crippen LogP contribution is 2.52. The molecule has 1 aliphatic carbocycles. The molecule has 1 saturated heterocycles. The number of imide groups is 1. The number of nitro groups is 1. The largest absolute Gasteiger partial charge is 0.458 e. The lowest BCUT2D eigenvalue weighted by Crippen LogP contribution is -2.42. The SMILES string of the molecule is O=C1c2ccccc2C(=O)N1[C@H]1COC(=O)[C@@]2([N+](=O)[O-])C[C@H]2C1. The van der Waals surface area contributed by atoms with Crippen molar-refractivity contribution in [2.24, 2.45) is 5.92 Å². The van der Waals surface area contributed by atoms with Gasteiger partial charge in [0.05, 0.1) is 23.1 Å². The summed E-state index contributed by atoms with van der Waals surface area (Å²) in [5, 5.41) is 11.2. The Morgan fingerprint density at radius 3 is 2.35 bits per heavy atom. The third kappa shape index (κ3) is 1.68. The lowest BCUT2D eigenvalue weighted by atomic mass is 10.1. The summed E-state index contributed by atoms with van der Waals surface area (Å²) >= 11 is 0. The molecule has 0 spiro atoms. The van der Waals surface area contributed by atoms with Gasteiger partial charge < -0.3 is 4.74 Å². The number of rotatable bonds is 2. The summed E-state index contributed by atoms with van der Waals surface area (Å²) in [6.07, 6.45) is 0.302. The molecular formula is C15H12N2O6. The number of hydrogen-bond donors (Lipinski definition) is 0. The van der Waals surface area contributed by atoms with E-state index in [1.165, 1.54) is 0 Å². The smallest absolute Gasteiger partial charge is 0.385 e. The first-order chi connectivity index (χ1) is 11.0. The molecule has 2 aliphatic heterocycles. The van der Waals surface area contributed by atoms with Gasteiger partial charge >= 0.3 is 11.5 Å². The lowest BCUT2D eigenvalue weighted by molar-refractivity contribution is -0.528. The molecule has 2 heterocycles. The van der Waals surface area contributed by atoms with Crippen molar-refractivity contribution in [3.05, 3.63) is 45.5 Å². The fraction of sp³-hybridized carbons (Fsp3) is 0.400. The second-order valence-electron chi connectivity index (χ2n) is 6.10. The first-order valence-corrected chi connectivity index (χ1v) is 7.25. The van der Waals surface area contributed by atoms with Crippen LogP contribution in [0.15, 0.2) is 24.3 Å². The van der Waals surface area contributed by atoms with Crippen LogP contribution in [0.5, 0.6) is 0 Å². The molecule has 0 aromatic heterocycles. The molecule has 1 saturated carbocycles. The minimum Gasteiger partial charge on any atom is -0.458 e. The van der Waals surface area contributed by atoms with E-state index in [0.717, 1.165) is 4.90 Å². The standard InChI is InChI=1S/C15H12N2O6/c18-12-10-3-1-2-4-11(10)13(19)16(12)9-5-8-6-15(8,17(21)22)14(20)23-7-9/h1-4,8-9H,5-7H2/t8-,9-,15-/m1/s1. The van der Waals surface area contributed by atoms with Gasteiger partial charge in [-0.3, -0.25) is 24.6 Å². The van der Waals surface area contributed by atoms with Crippen molar-refractivity contribution >= 4 is 17.8 Å². The highest BCUT2D eigenvalue weighted by atomic mass is 16.6. The quantitative estimate of drug-likeness (QED) is 0.343. The second kappa shape index (κ2) is 4.37. The topological polar surface area (TPSA) is 107 Å². The van der Waals surface area contributed by atoms with Gasteiger partial charge in [0.2, 0.25) is 0 Å². The molecule has 0 unspecified atom stereocenters. The Bertz CT molecular complexity index is 740. The van der Waals surface area contributed by atoms with Crippen molar-refractivity contribution in [2.75, 3.05) is 6.61 Å². The highest BCUT2D eigenvalue weighted by molar-refractivity contribution is 6.21. The van der Waals surface area contributed by atoms with Gasteiger partial charge in [0, 0.05) is 11.3 Å². The molecule has 0 radical (unpaired) electrons. The van der Waals surface area contributed by atoms with Gasteiger partial charge in [0.1, 0.15) is 6.61 Å². The van der Waals surface area contributed by atoms with Crippen LogP contribution in [-0.4, -0.2) is 45.8 Å². The molecule has 0 N–H and O–H groups in total. The number of benzene rings is 1. The Morgan fingerprint density at radius 1 is 1.17 bits per heavy atom. The Balaban J connectivity index is 1.64. The molecule has 8 nitrogen and oxygen atoms in total. The maximum atomic E-state index is 12.5. The number of cyclic esters (lactones) is 1. The molecular weight excluding hydrogens is 304 g/mol. The summed E-state index contributed by atoms with van der Waals surface area (Å²) in [5.74, 6) is -2.25. The van der Waals surface area contributed by atoms with E-state index < -0.39 is 40.2 Å². The minimum absolute atomic E-state index is 0.0957. The van der Waals surface area contributed by atoms with E-state index in [4.69, 9.17) is 4.74 Å². The first kappa shape index (κ1) is 13.9. The fourth-order valence-electron chi connectivity index (χ4n) is 3.56. The monoisotopic (exact) mass is 316 g/mol. The predicted octanol–water partition coefficient (Wildman–Crippen LogP) is 0.633. The number of carbonyl (C=O) groups is 3. The Labute approximate surface area is 130 Å². The molecule has 118 valence electrons. The van der Waals surface area contributed by atoms with Crippen LogP contribution in [-0.2, 0) is 9.53 Å². The molecule has 23 heavy (non-hydrogen) atoms. The van der Waals surface area contributed by atoms with E-state index in [2.05, 4.69) is 0 Å². The number of esters is 1. The molecule has 3 aliphatic rings. The van der Waals surface area contributed by atoms with Crippen molar-refractivity contribution in [3.8, 4) is 0 Å². The Morgan fingerprint density at radius 2 is 1.78 bits per heavy atom. The summed E-state index contributed by atoms with van der Waals surface area (Å²) in [4.78, 5) is 48.5. The number of nitrogens with zero attached hydrogens (tertiary/aromatic N) is 2. The van der Waals surface area contributed by atoms with Gasteiger partial charge in [-0.15, -0.1) is 0 Å². The third-order valence-electron chi connectivity index (χ3n) is 4.91. The number of carbonyl (C=O) groups excluding carboxylic acids is 3. The van der Waals surface area contributed by atoms with Gasteiger partial charge in [0.15, 0.2) is 0 Å². The van der Waals surface area contributed by atoms with Gasteiger partial charge in [-0.2, -0.15) is 0 Å². The van der Waals surface area contributed by atoms with Crippen molar-refractivity contribution in [1.82, 2.24) is 4.90 Å². The van der Waals surface area contributed by atoms with Crippen LogP contribution >= 0.6 is 0 Å². The highest BCUT2D eigenvalue weighted by Gasteiger charge is 2.75. The van der Waals surface area contributed by atoms with Crippen LogP contribution in [0, 0.1) is 16.0 Å². The molecule has 1 aromatic rings. The first-order valence-electron chi connectivity index (χ1n) is 7.25. The molecule has 2 fully saturated rings. The maximum absolute atomic E-state index is 12.5. The summed E-state index contributed by atoms with van der Waals surface area (Å²) in [5.41, 5.74) is -1.07. The average molecular weight is 316 g/mol. The van der Waals surface area contributed by atoms with E-state index in [0.29, 0.717) is 11.1 Å². The van der Waals surface area contributed by atoms with Crippen LogP contribution in [0.1, 0.15) is 33.6 Å². The lowest BCUT2D eigenvalue weighted by Gasteiger charge is -2.24. The Kier molecular flexibility index (Phi) is 2.64. The molecule has 4 rings (SSSR count). The van der Waals surface area contributed by atoms with Crippen LogP contribution in [0.25, 0.3) is 0 Å². The normalized spacial score (nSPS) is 32.0. The summed E-state index contributed by atoms with van der Waals surface area (Å²) < 4.78 is 5.02. The van der Waals surface area contributed by atoms with E-state index in [1.54, 1.807) is 24.3 Å². The zero-order chi connectivity index (χ0) is 16.4. The van der Waals surface area contributed by atoms with Crippen molar-refractivity contribution in [3.63, 3.8) is 0 Å². The van der Waals surface area contributed by atoms with Gasteiger partial charge in [-0.25, -0.2) is 4.79 Å². The predicted molar refractivity (Wildman–Crippen MR) is 74.1 cm³/mol. The van der Waals surface area contributed by atoms with Crippen LogP contribution in [0.3, 0.4) is 0 Å². The van der Waals surface area contributed by atoms with Crippen LogP contribution < -0.4 is 0 Å². The number of fused-ring (bicyclic) bond motifs is 2. The number of amides is 2. The fourth-order valence-corrected chi connectivity index (χ4v) is 3.56. The Hall–Kier alpha value is -2.77. The van der Waals surface area contributed by atoms with Gasteiger partial charge in [-0.1, -0.05) is 12.1 Å². The van der Waals surface area contributed by atoms with Gasteiger partial charge in [0.25, 0.3) is 11.8 Å². The van der Waals surface area contributed by atoms with Crippen molar-refractivity contribution < 1.29 is 24.0 Å². The van der Waals surface area contributed by atoms with Gasteiger partial charge in [-0.05, 0) is 18.6 Å². The van der Waals surface area contributed by atoms with Crippen LogP contribution in [0.2, 0.25) is 0 Å². The van der Waals surface area contributed by atoms with Crippen LogP contribution in [0.4, 0.5) is 0 Å². The second-order valence-corrected chi connectivity index (χ2v) is 6.10. The zero-order valence-electron chi connectivity index (χ0n) is 11.9. The van der Waals surface area contributed by atoms with E-state index in [9.17, 15) is 24.5 Å². The number of hydrogen-bond acceptors (Lipinski definition) is 6. The van der Waals surface area contributed by atoms with Crippen molar-refractivity contribution in [1.29, 1.82) is 0 Å². The molecule has 1 aromatic carbocycles. The minimum atomic E-state index is -1.69. The zero-order valence-corrected chi connectivity index (χ0v) is 11.9. The summed E-state index contributed by atoms with van der Waals surface area (Å²) in [7, 11) is 0. The average Bonchev–Trinajstić information content (AvgIpc) is 3.22. The third-order valence-corrected chi connectivity index (χ3v) is 4.91. The van der Waals surface area contributed by atoms with Crippen molar-refractivity contribution in [2.45, 2.75) is 24.4 Å². The van der Waals surface area contributed by atoms with E-state index in [-0.39, 0.29) is 19.4 Å². The van der Waals surface area contributed by atoms with E-state index in [1.807, 2.05) is 0 Å². The molecule has 8 heteroatoms. The summed E-state index contributed by atoms with van der Waals surface area (Å²) in [6, 6.07) is 5.80. The maximum Gasteiger partial charge on any atom is 0.385 e. The summed E-state index contributed by atoms with van der Waals surface area (Å²) in [6.45, 7) is -0.198. The number of ether oxygens (including phenoxy) is 1. The van der Waals surface area contributed by atoms with E-state index >= 15 is 0 Å². The molecule has 2 amide bonds. The molecule has 0 bridgehead atoms. The molecule has 3 atom stereocenters.